The van der Waals surface area contributed by atoms with Gasteiger partial charge in [-0.1, -0.05) is 0 Å². The first-order chi connectivity index (χ1) is 9.00. The Morgan fingerprint density at radius 3 is 2.84 bits per heavy atom. The highest BCUT2D eigenvalue weighted by atomic mass is 32.1. The van der Waals surface area contributed by atoms with Gasteiger partial charge in [-0.25, -0.2) is 4.98 Å². The van der Waals surface area contributed by atoms with Crippen LogP contribution >= 0.6 is 11.3 Å². The Labute approximate surface area is 114 Å². The molecule has 6 nitrogen and oxygen atoms in total. The Hall–Kier alpha value is -2.15. The van der Waals surface area contributed by atoms with Gasteiger partial charge in [0.15, 0.2) is 0 Å². The maximum absolute atomic E-state index is 12.0. The molecule has 0 atom stereocenters. The summed E-state index contributed by atoms with van der Waals surface area (Å²) in [5.41, 5.74) is 6.33. The summed E-state index contributed by atoms with van der Waals surface area (Å²) in [6, 6.07) is 3.58. The molecule has 2 heterocycles. The molecule has 0 saturated heterocycles. The Morgan fingerprint density at radius 2 is 2.21 bits per heavy atom. The first-order valence-corrected chi connectivity index (χ1v) is 6.43. The average molecular weight is 278 g/mol. The molecule has 2 aromatic rings. The summed E-state index contributed by atoms with van der Waals surface area (Å²) in [7, 11) is 3.26. The fraction of sp³-hybridized carbons (Fsp3) is 0.250. The zero-order valence-corrected chi connectivity index (χ0v) is 11.5. The van der Waals surface area contributed by atoms with Crippen LogP contribution in [0.1, 0.15) is 9.67 Å². The van der Waals surface area contributed by atoms with Gasteiger partial charge in [0.2, 0.25) is 5.91 Å². The van der Waals surface area contributed by atoms with Crippen LogP contribution in [0.4, 0.5) is 5.69 Å². The molecule has 0 spiro atoms. The zero-order chi connectivity index (χ0) is 14.0. The maximum atomic E-state index is 12.0. The number of pyridine rings is 1. The highest BCUT2D eigenvalue weighted by molar-refractivity contribution is 7.21. The monoisotopic (exact) mass is 278 g/mol. The van der Waals surface area contributed by atoms with Crippen LogP contribution in [-0.2, 0) is 4.79 Å². The summed E-state index contributed by atoms with van der Waals surface area (Å²) >= 11 is 1.22. The molecule has 0 unspecified atom stereocenters. The molecule has 3 N–H and O–H groups in total. The van der Waals surface area contributed by atoms with E-state index in [1.165, 1.54) is 16.2 Å². The van der Waals surface area contributed by atoms with E-state index in [9.17, 15) is 9.59 Å². The topological polar surface area (TPSA) is 88.3 Å². The Kier molecular flexibility index (Phi) is 3.66. The Bertz CT molecular complexity index is 636. The summed E-state index contributed by atoms with van der Waals surface area (Å²) in [4.78, 5) is 30.1. The quantitative estimate of drug-likeness (QED) is 0.865. The first kappa shape index (κ1) is 13.3. The predicted molar refractivity (Wildman–Crippen MR) is 75.1 cm³/mol. The third kappa shape index (κ3) is 2.65. The van der Waals surface area contributed by atoms with Crippen LogP contribution in [0.25, 0.3) is 10.2 Å². The number of thiophene rings is 1. The molecule has 19 heavy (non-hydrogen) atoms. The van der Waals surface area contributed by atoms with Gasteiger partial charge in [0.1, 0.15) is 9.71 Å². The lowest BCUT2D eigenvalue weighted by Crippen LogP contribution is -2.36. The van der Waals surface area contributed by atoms with Crippen molar-refractivity contribution in [2.45, 2.75) is 0 Å². The van der Waals surface area contributed by atoms with E-state index >= 15 is 0 Å². The van der Waals surface area contributed by atoms with Gasteiger partial charge in [0.05, 0.1) is 12.2 Å². The molecule has 0 aromatic carbocycles. The van der Waals surface area contributed by atoms with E-state index in [2.05, 4.69) is 10.3 Å². The molecule has 0 bridgehead atoms. The van der Waals surface area contributed by atoms with Crippen molar-refractivity contribution in [3.8, 4) is 0 Å². The minimum Gasteiger partial charge on any atom is -0.397 e. The predicted octanol–water partition coefficient (Wildman–Crippen LogP) is 0.696. The molecular weight excluding hydrogens is 264 g/mol. The number of nitrogens with two attached hydrogens (primary N) is 1. The van der Waals surface area contributed by atoms with Gasteiger partial charge in [0.25, 0.3) is 5.91 Å². The van der Waals surface area contributed by atoms with Gasteiger partial charge < -0.3 is 16.0 Å². The summed E-state index contributed by atoms with van der Waals surface area (Å²) in [6.45, 7) is -0.0487. The normalized spacial score (nSPS) is 10.4. The number of hydrogen-bond donors (Lipinski definition) is 2. The van der Waals surface area contributed by atoms with E-state index in [4.69, 9.17) is 5.73 Å². The van der Waals surface area contributed by atoms with Gasteiger partial charge >= 0.3 is 0 Å². The number of carbonyl (C=O) groups is 2. The van der Waals surface area contributed by atoms with Crippen LogP contribution in [0.5, 0.6) is 0 Å². The van der Waals surface area contributed by atoms with Gasteiger partial charge in [-0.2, -0.15) is 0 Å². The third-order valence-corrected chi connectivity index (χ3v) is 3.74. The highest BCUT2D eigenvalue weighted by Gasteiger charge is 2.17. The van der Waals surface area contributed by atoms with Crippen LogP contribution in [0, 0.1) is 0 Å². The zero-order valence-electron chi connectivity index (χ0n) is 10.6. The molecule has 0 saturated carbocycles. The van der Waals surface area contributed by atoms with Gasteiger partial charge in [-0.05, 0) is 12.1 Å². The van der Waals surface area contributed by atoms with Crippen LogP contribution < -0.4 is 11.1 Å². The number of anilines is 1. The molecule has 2 amide bonds. The van der Waals surface area contributed by atoms with Crippen LogP contribution in [0.2, 0.25) is 0 Å². The summed E-state index contributed by atoms with van der Waals surface area (Å²) in [5, 5.41) is 3.32. The number of nitrogen functional groups attached to an aromatic ring is 1. The van der Waals surface area contributed by atoms with Gasteiger partial charge in [0, 0.05) is 25.7 Å². The van der Waals surface area contributed by atoms with Crippen molar-refractivity contribution in [1.29, 1.82) is 0 Å². The number of nitrogens with one attached hydrogen (secondary N) is 1. The van der Waals surface area contributed by atoms with E-state index < -0.39 is 0 Å². The second-order valence-corrected chi connectivity index (χ2v) is 5.17. The second kappa shape index (κ2) is 5.23. The summed E-state index contributed by atoms with van der Waals surface area (Å²) in [5.74, 6) is -0.526. The van der Waals surface area contributed by atoms with E-state index in [-0.39, 0.29) is 18.4 Å². The number of carbonyl (C=O) groups excluding carboxylic acids is 2. The molecule has 2 rings (SSSR count). The molecule has 0 fully saturated rings. The first-order valence-electron chi connectivity index (χ1n) is 5.62. The fourth-order valence-corrected chi connectivity index (χ4v) is 2.49. The third-order valence-electron chi connectivity index (χ3n) is 2.61. The number of fused-ring (bicyclic) bond motifs is 1. The molecule has 7 heteroatoms. The minimum atomic E-state index is -0.351. The molecular formula is C12H14N4O2S. The Morgan fingerprint density at radius 1 is 1.47 bits per heavy atom. The second-order valence-electron chi connectivity index (χ2n) is 4.17. The lowest BCUT2D eigenvalue weighted by molar-refractivity contribution is -0.127. The number of hydrogen-bond acceptors (Lipinski definition) is 5. The van der Waals surface area contributed by atoms with Crippen molar-refractivity contribution in [2.24, 2.45) is 0 Å². The van der Waals surface area contributed by atoms with Crippen molar-refractivity contribution in [2.75, 3.05) is 26.4 Å². The highest BCUT2D eigenvalue weighted by Crippen LogP contribution is 2.31. The van der Waals surface area contributed by atoms with E-state index in [0.29, 0.717) is 15.4 Å². The van der Waals surface area contributed by atoms with Gasteiger partial charge in [-0.15, -0.1) is 11.3 Å². The number of likely N-dealkylation sites (N-methyl/N-ethyl adjacent to an activating group) is 1. The van der Waals surface area contributed by atoms with Crippen molar-refractivity contribution >= 4 is 39.1 Å². The molecule has 0 aliphatic carbocycles. The number of rotatable bonds is 3. The van der Waals surface area contributed by atoms with Crippen LogP contribution in [0.15, 0.2) is 18.3 Å². The maximum Gasteiger partial charge on any atom is 0.264 e. The number of amides is 2. The molecule has 100 valence electrons. The largest absolute Gasteiger partial charge is 0.397 e. The van der Waals surface area contributed by atoms with E-state index in [1.807, 2.05) is 6.07 Å². The van der Waals surface area contributed by atoms with Gasteiger partial charge in [-0.3, -0.25) is 9.59 Å². The smallest absolute Gasteiger partial charge is 0.264 e. The Balaban J connectivity index is 2.18. The fourth-order valence-electron chi connectivity index (χ4n) is 1.51. The summed E-state index contributed by atoms with van der Waals surface area (Å²) < 4.78 is 0. The standard InChI is InChI=1S/C12H14N4O2S/c1-16(2)8(17)6-15-11(18)10-9(13)7-4-3-5-14-12(7)19-10/h3-5H,6,13H2,1-2H3,(H,15,18). The minimum absolute atomic E-state index is 0.0487. The van der Waals surface area contributed by atoms with Crippen molar-refractivity contribution in [3.05, 3.63) is 23.2 Å². The number of nitrogens with zero attached hydrogens (tertiary/aromatic N) is 2. The SMILES string of the molecule is CN(C)C(=O)CNC(=O)c1sc2ncccc2c1N. The molecule has 0 aliphatic heterocycles. The van der Waals surface area contributed by atoms with Crippen molar-refractivity contribution in [3.63, 3.8) is 0 Å². The van der Waals surface area contributed by atoms with E-state index in [1.54, 1.807) is 26.4 Å². The average Bonchev–Trinajstić information content (AvgIpc) is 2.73. The lowest BCUT2D eigenvalue weighted by atomic mass is 10.2. The van der Waals surface area contributed by atoms with E-state index in [0.717, 1.165) is 5.39 Å². The molecule has 2 aromatic heterocycles. The van der Waals surface area contributed by atoms with Crippen molar-refractivity contribution < 1.29 is 9.59 Å². The van der Waals surface area contributed by atoms with Crippen LogP contribution in [-0.4, -0.2) is 42.3 Å². The summed E-state index contributed by atoms with van der Waals surface area (Å²) in [6.07, 6.45) is 1.65. The lowest BCUT2D eigenvalue weighted by Gasteiger charge is -2.10. The number of aromatic nitrogens is 1. The van der Waals surface area contributed by atoms with Crippen LogP contribution in [0.3, 0.4) is 0 Å². The molecule has 0 aliphatic rings. The van der Waals surface area contributed by atoms with Crippen molar-refractivity contribution in [1.82, 2.24) is 15.2 Å². The molecule has 0 radical (unpaired) electrons.